The minimum absolute atomic E-state index is 0.237. The quantitative estimate of drug-likeness (QED) is 0.151. The molecule has 0 heterocycles. The number of esters is 1. The zero-order valence-electron chi connectivity index (χ0n) is 18.9. The summed E-state index contributed by atoms with van der Waals surface area (Å²) >= 11 is 5.87. The van der Waals surface area contributed by atoms with E-state index in [9.17, 15) is 14.4 Å². The molecule has 178 valence electrons. The lowest BCUT2D eigenvalue weighted by atomic mass is 10.1. The molecular weight excluding hydrogens is 478 g/mol. The molecule has 8 heteroatoms. The first-order valence-electron chi connectivity index (χ1n) is 10.9. The zero-order valence-corrected chi connectivity index (χ0v) is 19.6. The van der Waals surface area contributed by atoms with Crippen molar-refractivity contribution in [1.29, 1.82) is 0 Å². The van der Waals surface area contributed by atoms with Crippen LogP contribution in [-0.2, 0) is 0 Å². The number of ether oxygens (including phenoxy) is 1. The lowest BCUT2D eigenvalue weighted by molar-refractivity contribution is 0.0734. The standard InChI is InChI=1S/C28H20ClN3O4/c29-22-16-14-20(15-17-22)28(35)36-25-13-7-4-10-21(25)18-30-32-27(34)23-11-5-6-12-24(23)31-26(33)19-8-2-1-3-9-19/h1-18H,(H,31,33)(H,32,34)/b30-18-. The Morgan fingerprint density at radius 3 is 2.17 bits per heavy atom. The molecule has 4 aromatic rings. The predicted molar refractivity (Wildman–Crippen MR) is 139 cm³/mol. The minimum atomic E-state index is -0.556. The molecule has 0 bridgehead atoms. The maximum absolute atomic E-state index is 12.8. The van der Waals surface area contributed by atoms with Gasteiger partial charge in [-0.25, -0.2) is 10.2 Å². The summed E-state index contributed by atoms with van der Waals surface area (Å²) in [5, 5.41) is 7.26. The Bertz CT molecular complexity index is 1420. The number of benzene rings is 4. The maximum Gasteiger partial charge on any atom is 0.343 e. The predicted octanol–water partition coefficient (Wildman–Crippen LogP) is 5.58. The second-order valence-electron chi connectivity index (χ2n) is 7.50. The summed E-state index contributed by atoms with van der Waals surface area (Å²) in [4.78, 5) is 37.7. The number of anilines is 1. The van der Waals surface area contributed by atoms with Crippen molar-refractivity contribution in [2.24, 2.45) is 5.10 Å². The first-order valence-corrected chi connectivity index (χ1v) is 11.2. The van der Waals surface area contributed by atoms with Crippen molar-refractivity contribution in [3.8, 4) is 5.75 Å². The summed E-state index contributed by atoms with van der Waals surface area (Å²) in [6.07, 6.45) is 1.37. The van der Waals surface area contributed by atoms with Crippen molar-refractivity contribution in [1.82, 2.24) is 5.43 Å². The van der Waals surface area contributed by atoms with Crippen LogP contribution < -0.4 is 15.5 Å². The molecule has 0 spiro atoms. The minimum Gasteiger partial charge on any atom is -0.422 e. The van der Waals surface area contributed by atoms with Gasteiger partial charge in [-0.3, -0.25) is 9.59 Å². The van der Waals surface area contributed by atoms with E-state index in [1.165, 1.54) is 6.21 Å². The molecule has 0 atom stereocenters. The molecule has 7 nitrogen and oxygen atoms in total. The highest BCUT2D eigenvalue weighted by molar-refractivity contribution is 6.30. The maximum atomic E-state index is 12.8. The number of para-hydroxylation sites is 2. The van der Waals surface area contributed by atoms with E-state index in [4.69, 9.17) is 16.3 Å². The highest BCUT2D eigenvalue weighted by atomic mass is 35.5. The first-order chi connectivity index (χ1) is 17.5. The third-order valence-corrected chi connectivity index (χ3v) is 5.28. The monoisotopic (exact) mass is 497 g/mol. The van der Waals surface area contributed by atoms with Crippen molar-refractivity contribution < 1.29 is 19.1 Å². The number of carbonyl (C=O) groups excluding carboxylic acids is 3. The van der Waals surface area contributed by atoms with Gasteiger partial charge in [0.15, 0.2) is 0 Å². The number of nitrogens with zero attached hydrogens (tertiary/aromatic N) is 1. The Hall–Kier alpha value is -4.75. The largest absolute Gasteiger partial charge is 0.422 e. The normalized spacial score (nSPS) is 10.6. The third-order valence-electron chi connectivity index (χ3n) is 5.03. The summed E-state index contributed by atoms with van der Waals surface area (Å²) in [6.45, 7) is 0. The smallest absolute Gasteiger partial charge is 0.343 e. The van der Waals surface area contributed by atoms with Gasteiger partial charge in [0.25, 0.3) is 11.8 Å². The van der Waals surface area contributed by atoms with E-state index in [0.29, 0.717) is 27.4 Å². The van der Waals surface area contributed by atoms with Crippen LogP contribution in [0.15, 0.2) is 108 Å². The van der Waals surface area contributed by atoms with E-state index in [2.05, 4.69) is 15.8 Å². The second-order valence-corrected chi connectivity index (χ2v) is 7.94. The molecule has 0 unspecified atom stereocenters. The highest BCUT2D eigenvalue weighted by Crippen LogP contribution is 2.19. The fraction of sp³-hybridized carbons (Fsp3) is 0. The molecule has 0 aliphatic heterocycles. The molecule has 0 aliphatic rings. The molecule has 4 aromatic carbocycles. The SMILES string of the molecule is O=C(Nc1ccccc1C(=O)N/N=C\c1ccccc1OC(=O)c1ccc(Cl)cc1)c1ccccc1. The lowest BCUT2D eigenvalue weighted by Gasteiger charge is -2.10. The Labute approximate surface area is 212 Å². The number of halogens is 1. The van der Waals surface area contributed by atoms with Gasteiger partial charge in [0, 0.05) is 16.1 Å². The number of hydrogen-bond donors (Lipinski definition) is 2. The molecule has 36 heavy (non-hydrogen) atoms. The number of hydrazone groups is 1. The van der Waals surface area contributed by atoms with E-state index in [1.807, 2.05) is 6.07 Å². The summed E-state index contributed by atoms with van der Waals surface area (Å²) in [7, 11) is 0. The molecule has 2 N–H and O–H groups in total. The summed E-state index contributed by atoms with van der Waals surface area (Å²) in [5.41, 5.74) is 4.31. The van der Waals surface area contributed by atoms with Crippen LogP contribution >= 0.6 is 11.6 Å². The van der Waals surface area contributed by atoms with Crippen molar-refractivity contribution in [3.05, 3.63) is 130 Å². The first kappa shape index (κ1) is 24.4. The van der Waals surface area contributed by atoms with Crippen LogP contribution in [0.5, 0.6) is 5.75 Å². The molecule has 0 radical (unpaired) electrons. The Morgan fingerprint density at radius 2 is 1.39 bits per heavy atom. The molecule has 0 aromatic heterocycles. The number of hydrogen-bond acceptors (Lipinski definition) is 5. The third kappa shape index (κ3) is 6.22. The van der Waals surface area contributed by atoms with Gasteiger partial charge in [-0.1, -0.05) is 54.1 Å². The number of rotatable bonds is 7. The van der Waals surface area contributed by atoms with Crippen molar-refractivity contribution in [2.75, 3.05) is 5.32 Å². The van der Waals surface area contributed by atoms with Crippen molar-refractivity contribution in [3.63, 3.8) is 0 Å². The summed E-state index contributed by atoms with van der Waals surface area (Å²) in [6, 6.07) is 28.4. The van der Waals surface area contributed by atoms with Gasteiger partial charge in [0.2, 0.25) is 0 Å². The van der Waals surface area contributed by atoms with Crippen LogP contribution in [0.2, 0.25) is 5.02 Å². The van der Waals surface area contributed by atoms with Gasteiger partial charge in [-0.05, 0) is 60.7 Å². The number of amides is 2. The highest BCUT2D eigenvalue weighted by Gasteiger charge is 2.14. The van der Waals surface area contributed by atoms with E-state index >= 15 is 0 Å². The van der Waals surface area contributed by atoms with Crippen LogP contribution in [0.4, 0.5) is 5.69 Å². The summed E-state index contributed by atoms with van der Waals surface area (Å²) in [5.74, 6) is -1.15. The molecule has 4 rings (SSSR count). The van der Waals surface area contributed by atoms with E-state index < -0.39 is 11.9 Å². The van der Waals surface area contributed by atoms with Gasteiger partial charge in [0.1, 0.15) is 5.75 Å². The molecule has 0 fully saturated rings. The van der Waals surface area contributed by atoms with Crippen LogP contribution in [0.1, 0.15) is 36.6 Å². The van der Waals surface area contributed by atoms with E-state index in [0.717, 1.165) is 0 Å². The van der Waals surface area contributed by atoms with E-state index in [-0.39, 0.29) is 17.2 Å². The Balaban J connectivity index is 1.44. The number of carbonyl (C=O) groups is 3. The molecular formula is C28H20ClN3O4. The molecule has 0 aliphatic carbocycles. The van der Waals surface area contributed by atoms with Gasteiger partial charge >= 0.3 is 5.97 Å². The average molecular weight is 498 g/mol. The Kier molecular flexibility index (Phi) is 7.85. The second kappa shape index (κ2) is 11.6. The fourth-order valence-electron chi connectivity index (χ4n) is 3.22. The van der Waals surface area contributed by atoms with Gasteiger partial charge < -0.3 is 10.1 Å². The van der Waals surface area contributed by atoms with Gasteiger partial charge in [0.05, 0.1) is 23.0 Å². The van der Waals surface area contributed by atoms with Gasteiger partial charge in [-0.15, -0.1) is 0 Å². The van der Waals surface area contributed by atoms with E-state index in [1.54, 1.807) is 97.1 Å². The summed E-state index contributed by atoms with van der Waals surface area (Å²) < 4.78 is 5.49. The average Bonchev–Trinajstić information content (AvgIpc) is 2.90. The molecule has 2 amide bonds. The van der Waals surface area contributed by atoms with Crippen LogP contribution in [0.25, 0.3) is 0 Å². The fourth-order valence-corrected chi connectivity index (χ4v) is 3.35. The number of nitrogens with one attached hydrogen (secondary N) is 2. The van der Waals surface area contributed by atoms with Crippen LogP contribution in [-0.4, -0.2) is 24.0 Å². The van der Waals surface area contributed by atoms with Crippen molar-refractivity contribution >= 4 is 41.3 Å². The van der Waals surface area contributed by atoms with Crippen LogP contribution in [0.3, 0.4) is 0 Å². The molecule has 0 saturated heterocycles. The van der Waals surface area contributed by atoms with Crippen molar-refractivity contribution in [2.45, 2.75) is 0 Å². The zero-order chi connectivity index (χ0) is 25.3. The Morgan fingerprint density at radius 1 is 0.722 bits per heavy atom. The van der Waals surface area contributed by atoms with Crippen LogP contribution in [0, 0.1) is 0 Å². The van der Waals surface area contributed by atoms with Gasteiger partial charge in [-0.2, -0.15) is 5.10 Å². The topological polar surface area (TPSA) is 96.9 Å². The lowest BCUT2D eigenvalue weighted by Crippen LogP contribution is -2.21. The molecule has 0 saturated carbocycles.